The number of piperidine rings is 1. The lowest BCUT2D eigenvalue weighted by Gasteiger charge is -2.40. The van der Waals surface area contributed by atoms with E-state index in [-0.39, 0.29) is 0 Å². The number of hydrogen-bond acceptors (Lipinski definition) is 4. The van der Waals surface area contributed by atoms with Crippen molar-refractivity contribution in [3.05, 3.63) is 89.3 Å². The molecule has 0 saturated carbocycles. The first-order chi connectivity index (χ1) is 14.2. The van der Waals surface area contributed by atoms with Gasteiger partial charge in [-0.25, -0.2) is 0 Å². The minimum atomic E-state index is 0.348. The predicted molar refractivity (Wildman–Crippen MR) is 117 cm³/mol. The van der Waals surface area contributed by atoms with Gasteiger partial charge in [0.1, 0.15) is 0 Å². The summed E-state index contributed by atoms with van der Waals surface area (Å²) >= 11 is 0. The summed E-state index contributed by atoms with van der Waals surface area (Å²) < 4.78 is 0. The van der Waals surface area contributed by atoms with E-state index in [4.69, 9.17) is 9.97 Å². The zero-order chi connectivity index (χ0) is 20.1. The normalized spacial score (nSPS) is 19.9. The highest BCUT2D eigenvalue weighted by Crippen LogP contribution is 2.40. The monoisotopic (exact) mass is 386 g/mol. The second kappa shape index (κ2) is 9.27. The average molecular weight is 387 g/mol. The number of nitrogens with zero attached hydrogens (tertiary/aromatic N) is 4. The zero-order valence-corrected chi connectivity index (χ0v) is 17.5. The minimum Gasteiger partial charge on any atom is -0.289 e. The van der Waals surface area contributed by atoms with Crippen molar-refractivity contribution in [2.24, 2.45) is 0 Å². The van der Waals surface area contributed by atoms with Crippen LogP contribution in [0.5, 0.6) is 0 Å². The van der Waals surface area contributed by atoms with Gasteiger partial charge in [-0.1, -0.05) is 18.2 Å². The van der Waals surface area contributed by atoms with Gasteiger partial charge in [0.15, 0.2) is 0 Å². The topological polar surface area (TPSA) is 41.9 Å². The van der Waals surface area contributed by atoms with Crippen molar-refractivity contribution in [1.29, 1.82) is 0 Å². The molecule has 0 bridgehead atoms. The van der Waals surface area contributed by atoms with E-state index < -0.39 is 0 Å². The van der Waals surface area contributed by atoms with Gasteiger partial charge >= 0.3 is 0 Å². The number of likely N-dealkylation sites (tertiary alicyclic amines) is 1. The van der Waals surface area contributed by atoms with Crippen LogP contribution in [0.4, 0.5) is 0 Å². The third kappa shape index (κ3) is 4.54. The minimum absolute atomic E-state index is 0.348. The molecule has 0 amide bonds. The van der Waals surface area contributed by atoms with Crippen LogP contribution < -0.4 is 0 Å². The maximum absolute atomic E-state index is 4.85. The van der Waals surface area contributed by atoms with Crippen LogP contribution in [0, 0.1) is 6.92 Å². The van der Waals surface area contributed by atoms with Crippen LogP contribution in [0.25, 0.3) is 0 Å². The smallest absolute Gasteiger partial charge is 0.0607 e. The number of aryl methyl sites for hydroxylation is 3. The molecule has 150 valence electrons. The third-order valence-electron chi connectivity index (χ3n) is 6.15. The molecule has 1 aliphatic rings. The molecule has 4 rings (SSSR count). The summed E-state index contributed by atoms with van der Waals surface area (Å²) in [6.07, 6.45) is 12.4. The van der Waals surface area contributed by atoms with Crippen LogP contribution in [-0.2, 0) is 12.8 Å². The van der Waals surface area contributed by atoms with Gasteiger partial charge in [0.05, 0.1) is 23.5 Å². The van der Waals surface area contributed by atoms with Crippen LogP contribution >= 0.6 is 0 Å². The van der Waals surface area contributed by atoms with E-state index >= 15 is 0 Å². The van der Waals surface area contributed by atoms with Crippen LogP contribution in [0.2, 0.25) is 0 Å². The van der Waals surface area contributed by atoms with Gasteiger partial charge in [-0.3, -0.25) is 19.9 Å². The summed E-state index contributed by atoms with van der Waals surface area (Å²) in [6, 6.07) is 15.4. The van der Waals surface area contributed by atoms with Crippen molar-refractivity contribution in [3.8, 4) is 0 Å². The first-order valence-electron chi connectivity index (χ1n) is 10.7. The van der Waals surface area contributed by atoms with Gasteiger partial charge in [-0.05, 0) is 87.9 Å². The van der Waals surface area contributed by atoms with Gasteiger partial charge < -0.3 is 0 Å². The van der Waals surface area contributed by atoms with E-state index in [2.05, 4.69) is 54.2 Å². The second-order valence-electron chi connectivity index (χ2n) is 8.06. The molecule has 0 unspecified atom stereocenters. The Kier molecular flexibility index (Phi) is 6.30. The number of hydrogen-bond donors (Lipinski definition) is 0. The Hall–Kier alpha value is -2.59. The van der Waals surface area contributed by atoms with Crippen molar-refractivity contribution < 1.29 is 0 Å². The molecule has 3 aromatic rings. The fraction of sp³-hybridized carbons (Fsp3) is 0.400. The molecule has 1 aliphatic heterocycles. The molecule has 4 heterocycles. The van der Waals surface area contributed by atoms with Crippen molar-refractivity contribution in [2.45, 2.75) is 57.5 Å². The summed E-state index contributed by atoms with van der Waals surface area (Å²) in [4.78, 5) is 16.5. The molecule has 2 atom stereocenters. The molecule has 0 aliphatic carbocycles. The first kappa shape index (κ1) is 19.7. The van der Waals surface area contributed by atoms with Crippen molar-refractivity contribution in [3.63, 3.8) is 0 Å². The molecule has 4 heteroatoms. The summed E-state index contributed by atoms with van der Waals surface area (Å²) in [5, 5.41) is 0. The van der Waals surface area contributed by atoms with E-state index in [9.17, 15) is 0 Å². The highest BCUT2D eigenvalue weighted by atomic mass is 15.2. The molecule has 0 spiro atoms. The van der Waals surface area contributed by atoms with Crippen molar-refractivity contribution in [1.82, 2.24) is 19.9 Å². The maximum atomic E-state index is 4.85. The summed E-state index contributed by atoms with van der Waals surface area (Å²) in [7, 11) is 2.25. The summed E-state index contributed by atoms with van der Waals surface area (Å²) in [5.74, 6) is 0. The molecule has 29 heavy (non-hydrogen) atoms. The van der Waals surface area contributed by atoms with Gasteiger partial charge in [0.25, 0.3) is 0 Å². The van der Waals surface area contributed by atoms with Crippen molar-refractivity contribution >= 4 is 0 Å². The Morgan fingerprint density at radius 3 is 2.31 bits per heavy atom. The molecular formula is C25H30N4. The largest absolute Gasteiger partial charge is 0.289 e. The lowest BCUT2D eigenvalue weighted by molar-refractivity contribution is 0.108. The van der Waals surface area contributed by atoms with Gasteiger partial charge in [-0.2, -0.15) is 0 Å². The van der Waals surface area contributed by atoms with E-state index in [0.29, 0.717) is 12.1 Å². The predicted octanol–water partition coefficient (Wildman–Crippen LogP) is 5.25. The molecule has 3 aromatic heterocycles. The zero-order valence-electron chi connectivity index (χ0n) is 17.5. The standard InChI is InChI=1S/C25H30N4/c1-19-9-7-17-27-24(19)22-14-6-15-23(29(22)2)25-20(11-8-18-28-25)10-5-13-21-12-3-4-16-26-21/h3-4,7-9,11-12,16-18,22-23H,5-6,10,13-15H2,1-2H3/t22-,23+/m0/s1. The first-order valence-corrected chi connectivity index (χ1v) is 10.7. The van der Waals surface area contributed by atoms with Gasteiger partial charge in [0.2, 0.25) is 0 Å². The number of aromatic nitrogens is 3. The van der Waals surface area contributed by atoms with Gasteiger partial charge in [0, 0.05) is 24.3 Å². The van der Waals surface area contributed by atoms with E-state index in [1.807, 2.05) is 30.7 Å². The highest BCUT2D eigenvalue weighted by Gasteiger charge is 2.32. The third-order valence-corrected chi connectivity index (χ3v) is 6.15. The fourth-order valence-electron chi connectivity index (χ4n) is 4.60. The average Bonchev–Trinajstić information content (AvgIpc) is 2.76. The van der Waals surface area contributed by atoms with Crippen LogP contribution in [-0.4, -0.2) is 26.9 Å². The maximum Gasteiger partial charge on any atom is 0.0607 e. The Morgan fingerprint density at radius 2 is 1.55 bits per heavy atom. The summed E-state index contributed by atoms with van der Waals surface area (Å²) in [6.45, 7) is 2.17. The number of rotatable bonds is 6. The van der Waals surface area contributed by atoms with Crippen LogP contribution in [0.1, 0.15) is 66.0 Å². The second-order valence-corrected chi connectivity index (χ2v) is 8.06. The van der Waals surface area contributed by atoms with Crippen LogP contribution in [0.15, 0.2) is 61.1 Å². The highest BCUT2D eigenvalue weighted by molar-refractivity contribution is 5.27. The van der Waals surface area contributed by atoms with E-state index in [1.54, 1.807) is 0 Å². The quantitative estimate of drug-likeness (QED) is 0.580. The molecule has 1 fully saturated rings. The van der Waals surface area contributed by atoms with Crippen LogP contribution in [0.3, 0.4) is 0 Å². The van der Waals surface area contributed by atoms with E-state index in [1.165, 1.54) is 34.6 Å². The molecular weight excluding hydrogens is 356 g/mol. The summed E-state index contributed by atoms with van der Waals surface area (Å²) in [5.41, 5.74) is 6.28. The fourth-order valence-corrected chi connectivity index (χ4v) is 4.60. The number of pyridine rings is 3. The Morgan fingerprint density at radius 1 is 0.828 bits per heavy atom. The van der Waals surface area contributed by atoms with Crippen molar-refractivity contribution in [2.75, 3.05) is 7.05 Å². The lowest BCUT2D eigenvalue weighted by atomic mass is 9.88. The van der Waals surface area contributed by atoms with E-state index in [0.717, 1.165) is 32.1 Å². The molecule has 0 aromatic carbocycles. The molecule has 4 nitrogen and oxygen atoms in total. The molecule has 0 N–H and O–H groups in total. The lowest BCUT2D eigenvalue weighted by Crippen LogP contribution is -2.35. The molecule has 1 saturated heterocycles. The Bertz CT molecular complexity index is 925. The molecule has 0 radical (unpaired) electrons. The Balaban J connectivity index is 1.51. The Labute approximate surface area is 174 Å². The SMILES string of the molecule is Cc1cccnc1[C@@H]1CCC[C@H](c2ncccc2CCCc2ccccn2)N1C. The van der Waals surface area contributed by atoms with Gasteiger partial charge in [-0.15, -0.1) is 0 Å².